The molecule has 0 aromatic heterocycles. The maximum Gasteiger partial charge on any atom is 0.258 e. The van der Waals surface area contributed by atoms with Gasteiger partial charge in [-0.2, -0.15) is 0 Å². The van der Waals surface area contributed by atoms with Crippen LogP contribution in [0.1, 0.15) is 18.4 Å². The zero-order valence-corrected chi connectivity index (χ0v) is 11.9. The van der Waals surface area contributed by atoms with Gasteiger partial charge in [0.2, 0.25) is 0 Å². The van der Waals surface area contributed by atoms with Gasteiger partial charge in [0.05, 0.1) is 11.6 Å². The highest BCUT2D eigenvalue weighted by Gasteiger charge is 2.16. The van der Waals surface area contributed by atoms with Gasteiger partial charge < -0.3 is 19.9 Å². The first-order valence-corrected chi connectivity index (χ1v) is 6.96. The number of hydrogen-bond acceptors (Lipinski definition) is 4. The normalized spacial score (nSPS) is 15.9. The Morgan fingerprint density at radius 1 is 1.45 bits per heavy atom. The Morgan fingerprint density at radius 3 is 2.85 bits per heavy atom. The summed E-state index contributed by atoms with van der Waals surface area (Å²) in [5.74, 6) is 0.269. The fourth-order valence-electron chi connectivity index (χ4n) is 2.01. The van der Waals surface area contributed by atoms with Crippen molar-refractivity contribution < 1.29 is 19.4 Å². The number of amides is 1. The van der Waals surface area contributed by atoms with E-state index in [1.807, 2.05) is 0 Å². The van der Waals surface area contributed by atoms with Crippen molar-refractivity contribution in [1.29, 1.82) is 0 Å². The molecule has 1 aromatic rings. The quantitative estimate of drug-likeness (QED) is 0.865. The van der Waals surface area contributed by atoms with Gasteiger partial charge in [-0.1, -0.05) is 17.7 Å². The molecule has 0 radical (unpaired) electrons. The standard InChI is InChI=1S/C14H18ClNO4/c15-12-7-10(8-17)1-2-13(12)20-9-14(18)16-11-3-5-19-6-4-11/h1-2,7,11,17H,3-6,8-9H2,(H,16,18). The molecular weight excluding hydrogens is 282 g/mol. The summed E-state index contributed by atoms with van der Waals surface area (Å²) in [6.45, 7) is 1.21. The summed E-state index contributed by atoms with van der Waals surface area (Å²) in [6.07, 6.45) is 1.66. The van der Waals surface area contributed by atoms with E-state index in [1.54, 1.807) is 18.2 Å². The van der Waals surface area contributed by atoms with Crippen LogP contribution < -0.4 is 10.1 Å². The molecule has 0 bridgehead atoms. The van der Waals surface area contributed by atoms with Crippen LogP contribution in [0.5, 0.6) is 5.75 Å². The first-order valence-electron chi connectivity index (χ1n) is 6.58. The molecule has 110 valence electrons. The van der Waals surface area contributed by atoms with Crippen LogP contribution >= 0.6 is 11.6 Å². The van der Waals surface area contributed by atoms with Crippen LogP contribution in [0, 0.1) is 0 Å². The van der Waals surface area contributed by atoms with Gasteiger partial charge >= 0.3 is 0 Å². The minimum atomic E-state index is -0.167. The van der Waals surface area contributed by atoms with Gasteiger partial charge in [0, 0.05) is 19.3 Å². The van der Waals surface area contributed by atoms with E-state index in [1.165, 1.54) is 0 Å². The molecule has 1 saturated heterocycles. The van der Waals surface area contributed by atoms with Crippen molar-refractivity contribution in [2.75, 3.05) is 19.8 Å². The van der Waals surface area contributed by atoms with E-state index in [2.05, 4.69) is 5.32 Å². The Bertz CT molecular complexity index is 460. The van der Waals surface area contributed by atoms with Crippen LogP contribution in [0.25, 0.3) is 0 Å². The van der Waals surface area contributed by atoms with E-state index in [-0.39, 0.29) is 25.2 Å². The Hall–Kier alpha value is -1.30. The van der Waals surface area contributed by atoms with Crippen molar-refractivity contribution in [2.24, 2.45) is 0 Å². The first-order chi connectivity index (χ1) is 9.69. The van der Waals surface area contributed by atoms with Crippen molar-refractivity contribution in [1.82, 2.24) is 5.32 Å². The van der Waals surface area contributed by atoms with Crippen LogP contribution in [0.15, 0.2) is 18.2 Å². The number of hydrogen-bond donors (Lipinski definition) is 2. The van der Waals surface area contributed by atoms with E-state index in [0.29, 0.717) is 29.5 Å². The Kier molecular flexibility index (Phi) is 5.64. The molecule has 0 unspecified atom stereocenters. The number of carbonyl (C=O) groups is 1. The third-order valence-corrected chi connectivity index (χ3v) is 3.42. The van der Waals surface area contributed by atoms with Gasteiger partial charge in [0.25, 0.3) is 5.91 Å². The van der Waals surface area contributed by atoms with Gasteiger partial charge in [-0.05, 0) is 30.5 Å². The summed E-state index contributed by atoms with van der Waals surface area (Å²) in [5, 5.41) is 12.3. The molecule has 1 aliphatic heterocycles. The van der Waals surface area contributed by atoms with Crippen molar-refractivity contribution in [3.63, 3.8) is 0 Å². The highest BCUT2D eigenvalue weighted by Crippen LogP contribution is 2.25. The van der Waals surface area contributed by atoms with Crippen molar-refractivity contribution in [2.45, 2.75) is 25.5 Å². The van der Waals surface area contributed by atoms with Crippen molar-refractivity contribution in [3.05, 3.63) is 28.8 Å². The third kappa shape index (κ3) is 4.37. The number of ether oxygens (including phenoxy) is 2. The summed E-state index contributed by atoms with van der Waals surface area (Å²) in [5.41, 5.74) is 0.703. The maximum absolute atomic E-state index is 11.8. The number of aliphatic hydroxyl groups excluding tert-OH is 1. The molecule has 1 heterocycles. The molecule has 1 amide bonds. The molecule has 2 N–H and O–H groups in total. The van der Waals surface area contributed by atoms with Crippen LogP contribution in [0.2, 0.25) is 5.02 Å². The molecule has 5 nitrogen and oxygen atoms in total. The molecule has 1 fully saturated rings. The van der Waals surface area contributed by atoms with Crippen LogP contribution in [0.3, 0.4) is 0 Å². The number of carbonyl (C=O) groups excluding carboxylic acids is 1. The van der Waals surface area contributed by atoms with Crippen LogP contribution in [0.4, 0.5) is 0 Å². The van der Waals surface area contributed by atoms with Crippen LogP contribution in [-0.4, -0.2) is 36.9 Å². The average Bonchev–Trinajstić information content (AvgIpc) is 2.47. The van der Waals surface area contributed by atoms with Gasteiger partial charge in [-0.15, -0.1) is 0 Å². The fourth-order valence-corrected chi connectivity index (χ4v) is 2.27. The van der Waals surface area contributed by atoms with E-state index in [4.69, 9.17) is 26.2 Å². The van der Waals surface area contributed by atoms with E-state index >= 15 is 0 Å². The lowest BCUT2D eigenvalue weighted by Gasteiger charge is -2.23. The lowest BCUT2D eigenvalue weighted by molar-refractivity contribution is -0.124. The fraction of sp³-hybridized carbons (Fsp3) is 0.500. The van der Waals surface area contributed by atoms with Gasteiger partial charge in [0.1, 0.15) is 5.75 Å². The molecular formula is C14H18ClNO4. The van der Waals surface area contributed by atoms with Gasteiger partial charge in [-0.25, -0.2) is 0 Å². The second kappa shape index (κ2) is 7.47. The largest absolute Gasteiger partial charge is 0.482 e. The third-order valence-electron chi connectivity index (χ3n) is 3.12. The summed E-state index contributed by atoms with van der Waals surface area (Å²) in [4.78, 5) is 11.8. The van der Waals surface area contributed by atoms with E-state index in [0.717, 1.165) is 12.8 Å². The minimum Gasteiger partial charge on any atom is -0.482 e. The Morgan fingerprint density at radius 2 is 2.20 bits per heavy atom. The number of rotatable bonds is 5. The number of aliphatic hydroxyl groups is 1. The molecule has 20 heavy (non-hydrogen) atoms. The second-order valence-electron chi connectivity index (χ2n) is 4.67. The highest BCUT2D eigenvalue weighted by molar-refractivity contribution is 6.32. The predicted molar refractivity (Wildman–Crippen MR) is 74.9 cm³/mol. The SMILES string of the molecule is O=C(COc1ccc(CO)cc1Cl)NC1CCOCC1. The predicted octanol–water partition coefficient (Wildman–Crippen LogP) is 1.51. The average molecular weight is 300 g/mol. The summed E-state index contributed by atoms with van der Waals surface area (Å²) in [7, 11) is 0. The van der Waals surface area contributed by atoms with Crippen LogP contribution in [-0.2, 0) is 16.1 Å². The number of halogens is 1. The number of nitrogens with one attached hydrogen (secondary N) is 1. The number of benzene rings is 1. The maximum atomic E-state index is 11.8. The molecule has 1 aliphatic rings. The summed E-state index contributed by atoms with van der Waals surface area (Å²) in [6, 6.07) is 5.13. The smallest absolute Gasteiger partial charge is 0.258 e. The molecule has 2 rings (SSSR count). The highest BCUT2D eigenvalue weighted by atomic mass is 35.5. The zero-order chi connectivity index (χ0) is 14.4. The van der Waals surface area contributed by atoms with E-state index in [9.17, 15) is 4.79 Å². The Balaban J connectivity index is 1.80. The first kappa shape index (κ1) is 15.1. The van der Waals surface area contributed by atoms with Gasteiger partial charge in [-0.3, -0.25) is 4.79 Å². The lowest BCUT2D eigenvalue weighted by atomic mass is 10.1. The molecule has 0 atom stereocenters. The molecule has 0 aliphatic carbocycles. The molecule has 0 spiro atoms. The summed E-state index contributed by atoms with van der Waals surface area (Å²) < 4.78 is 10.6. The molecule has 0 saturated carbocycles. The summed E-state index contributed by atoms with van der Waals surface area (Å²) >= 11 is 6.00. The monoisotopic (exact) mass is 299 g/mol. The van der Waals surface area contributed by atoms with Crippen molar-refractivity contribution >= 4 is 17.5 Å². The lowest BCUT2D eigenvalue weighted by Crippen LogP contribution is -2.41. The molecule has 6 heteroatoms. The van der Waals surface area contributed by atoms with Crippen molar-refractivity contribution in [3.8, 4) is 5.75 Å². The zero-order valence-electron chi connectivity index (χ0n) is 11.1. The topological polar surface area (TPSA) is 67.8 Å². The Labute approximate surface area is 122 Å². The van der Waals surface area contributed by atoms with Gasteiger partial charge in [0.15, 0.2) is 6.61 Å². The minimum absolute atomic E-state index is 0.0739. The van der Waals surface area contributed by atoms with E-state index < -0.39 is 0 Å². The molecule has 1 aromatic carbocycles. The second-order valence-corrected chi connectivity index (χ2v) is 5.07.